The van der Waals surface area contributed by atoms with Crippen LogP contribution in [-0.4, -0.2) is 37.0 Å². The van der Waals surface area contributed by atoms with Crippen LogP contribution in [0.1, 0.15) is 187 Å². The molecule has 4 heteroatoms. The number of ether oxygens (including phenoxy) is 2. The molecule has 0 aliphatic rings. The maximum Gasteiger partial charge on any atom is 0.306 e. The summed E-state index contributed by atoms with van der Waals surface area (Å²) in [6.45, 7) is 5.21. The molecule has 1 atom stereocenters. The van der Waals surface area contributed by atoms with Crippen molar-refractivity contribution in [3.63, 3.8) is 0 Å². The Labute approximate surface area is 286 Å². The largest absolute Gasteiger partial charge is 0.457 e. The van der Waals surface area contributed by atoms with E-state index in [9.17, 15) is 9.90 Å². The van der Waals surface area contributed by atoms with Crippen LogP contribution in [0.25, 0.3) is 0 Å². The molecule has 0 heterocycles. The van der Waals surface area contributed by atoms with Crippen molar-refractivity contribution in [3.8, 4) is 0 Å². The number of aliphatic hydroxyl groups is 1. The summed E-state index contributed by atoms with van der Waals surface area (Å²) in [6.07, 6.45) is 50.1. The Kier molecular flexibility index (Phi) is 38.1. The van der Waals surface area contributed by atoms with Crippen molar-refractivity contribution < 1.29 is 19.4 Å². The molecule has 1 unspecified atom stereocenters. The van der Waals surface area contributed by atoms with E-state index in [4.69, 9.17) is 9.47 Å². The molecule has 4 nitrogen and oxygen atoms in total. The molecule has 0 radical (unpaired) electrons. The van der Waals surface area contributed by atoms with Crippen molar-refractivity contribution in [2.75, 3.05) is 19.8 Å². The Hall–Kier alpha value is -1.65. The van der Waals surface area contributed by atoms with Gasteiger partial charge in [-0.05, 0) is 70.6 Å². The Balaban J connectivity index is 3.46. The lowest BCUT2D eigenvalue weighted by Crippen LogP contribution is -2.27. The van der Waals surface area contributed by atoms with E-state index in [1.54, 1.807) is 0 Å². The standard InChI is InChI=1S/C42H76O4/c1-3-5-7-9-11-13-15-17-19-21-22-24-26-28-30-32-34-36-38-45-40-41(39-43)46-42(44)37-35-33-31-29-27-25-23-20-18-16-14-12-10-8-6-4-2/h5,7,11,13,17,19-20,23,41,43H,3-4,6,8-10,12,14-16,18,21-22,24-40H2,1-2H3/b7-5-,13-11-,19-17-,23-20-. The van der Waals surface area contributed by atoms with E-state index in [1.807, 2.05) is 0 Å². The second-order valence-corrected chi connectivity index (χ2v) is 13.0. The number of hydrogen-bond donors (Lipinski definition) is 1. The average Bonchev–Trinajstić information content (AvgIpc) is 3.06. The zero-order valence-electron chi connectivity index (χ0n) is 30.6. The van der Waals surface area contributed by atoms with E-state index in [0.29, 0.717) is 13.0 Å². The topological polar surface area (TPSA) is 55.8 Å². The van der Waals surface area contributed by atoms with Gasteiger partial charge in [0.25, 0.3) is 0 Å². The molecule has 0 saturated carbocycles. The van der Waals surface area contributed by atoms with Gasteiger partial charge in [0, 0.05) is 13.0 Å². The second-order valence-electron chi connectivity index (χ2n) is 13.0. The first-order valence-electron chi connectivity index (χ1n) is 19.7. The van der Waals surface area contributed by atoms with Gasteiger partial charge in [-0.25, -0.2) is 0 Å². The summed E-state index contributed by atoms with van der Waals surface area (Å²) in [7, 11) is 0. The lowest BCUT2D eigenvalue weighted by molar-refractivity contribution is -0.154. The fourth-order valence-corrected chi connectivity index (χ4v) is 5.45. The van der Waals surface area contributed by atoms with Crippen molar-refractivity contribution in [2.24, 2.45) is 0 Å². The Morgan fingerprint density at radius 2 is 0.978 bits per heavy atom. The minimum absolute atomic E-state index is 0.179. The number of aliphatic hydroxyl groups excluding tert-OH is 1. The van der Waals surface area contributed by atoms with Gasteiger partial charge in [-0.1, -0.05) is 159 Å². The van der Waals surface area contributed by atoms with E-state index >= 15 is 0 Å². The van der Waals surface area contributed by atoms with E-state index in [2.05, 4.69) is 62.5 Å². The van der Waals surface area contributed by atoms with Gasteiger partial charge in [-0.3, -0.25) is 4.79 Å². The maximum absolute atomic E-state index is 12.2. The third kappa shape index (κ3) is 36.8. The second kappa shape index (κ2) is 39.5. The number of carbonyl (C=O) groups excluding carboxylic acids is 1. The average molecular weight is 645 g/mol. The number of allylic oxidation sites excluding steroid dienone is 8. The lowest BCUT2D eigenvalue weighted by atomic mass is 10.1. The molecule has 0 aliphatic carbocycles. The third-order valence-electron chi connectivity index (χ3n) is 8.39. The van der Waals surface area contributed by atoms with E-state index in [0.717, 1.165) is 38.5 Å². The molecule has 46 heavy (non-hydrogen) atoms. The molecule has 0 bridgehead atoms. The number of hydrogen-bond acceptors (Lipinski definition) is 4. The fourth-order valence-electron chi connectivity index (χ4n) is 5.45. The molecular weight excluding hydrogens is 568 g/mol. The van der Waals surface area contributed by atoms with Gasteiger partial charge < -0.3 is 14.6 Å². The molecule has 0 spiro atoms. The van der Waals surface area contributed by atoms with Crippen LogP contribution < -0.4 is 0 Å². The van der Waals surface area contributed by atoms with Gasteiger partial charge in [0.05, 0.1) is 13.2 Å². The SMILES string of the molecule is CC/C=C\C/C=C\C/C=C\CCCCCCCCCCOCC(CO)OC(=O)CCCCCCC/C=C\CCCCCCCCC. The van der Waals surface area contributed by atoms with Crippen molar-refractivity contribution in [1.82, 2.24) is 0 Å². The fraction of sp³-hybridized carbons (Fsp3) is 0.786. The molecule has 0 aliphatic heterocycles. The number of esters is 1. The van der Waals surface area contributed by atoms with Crippen LogP contribution in [0.15, 0.2) is 48.6 Å². The molecule has 1 N–H and O–H groups in total. The van der Waals surface area contributed by atoms with Crippen molar-refractivity contribution >= 4 is 5.97 Å². The predicted molar refractivity (Wildman–Crippen MR) is 200 cm³/mol. The van der Waals surface area contributed by atoms with Crippen LogP contribution >= 0.6 is 0 Å². The van der Waals surface area contributed by atoms with Crippen LogP contribution in [0.2, 0.25) is 0 Å². The molecular formula is C42H76O4. The molecule has 268 valence electrons. The summed E-state index contributed by atoms with van der Waals surface area (Å²) in [5, 5.41) is 9.58. The predicted octanol–water partition coefficient (Wildman–Crippen LogP) is 12.7. The van der Waals surface area contributed by atoms with Crippen molar-refractivity contribution in [1.29, 1.82) is 0 Å². The first kappa shape index (κ1) is 44.4. The van der Waals surface area contributed by atoms with Gasteiger partial charge in [0.2, 0.25) is 0 Å². The monoisotopic (exact) mass is 645 g/mol. The summed E-state index contributed by atoms with van der Waals surface area (Å²) in [6, 6.07) is 0. The summed E-state index contributed by atoms with van der Waals surface area (Å²) < 4.78 is 11.1. The van der Waals surface area contributed by atoms with Crippen LogP contribution in [0.3, 0.4) is 0 Å². The maximum atomic E-state index is 12.2. The highest BCUT2D eigenvalue weighted by atomic mass is 16.6. The minimum atomic E-state index is -0.542. The summed E-state index contributed by atoms with van der Waals surface area (Å²) in [5.74, 6) is -0.213. The molecule has 0 aromatic heterocycles. The zero-order chi connectivity index (χ0) is 33.4. The minimum Gasteiger partial charge on any atom is -0.457 e. The summed E-state index contributed by atoms with van der Waals surface area (Å²) in [4.78, 5) is 12.2. The number of carbonyl (C=O) groups is 1. The van der Waals surface area contributed by atoms with Crippen molar-refractivity contribution in [2.45, 2.75) is 193 Å². The Morgan fingerprint density at radius 1 is 0.543 bits per heavy atom. The number of rotatable bonds is 36. The number of unbranched alkanes of at least 4 members (excludes halogenated alkanes) is 20. The highest BCUT2D eigenvalue weighted by Crippen LogP contribution is 2.12. The van der Waals surface area contributed by atoms with Crippen LogP contribution in [0.4, 0.5) is 0 Å². The summed E-state index contributed by atoms with van der Waals surface area (Å²) >= 11 is 0. The zero-order valence-corrected chi connectivity index (χ0v) is 30.6. The van der Waals surface area contributed by atoms with Crippen molar-refractivity contribution in [3.05, 3.63) is 48.6 Å². The summed E-state index contributed by atoms with van der Waals surface area (Å²) in [5.41, 5.74) is 0. The smallest absolute Gasteiger partial charge is 0.306 e. The van der Waals surface area contributed by atoms with E-state index in [-0.39, 0.29) is 19.2 Å². The van der Waals surface area contributed by atoms with E-state index in [1.165, 1.54) is 128 Å². The molecule has 0 amide bonds. The lowest BCUT2D eigenvalue weighted by Gasteiger charge is -2.15. The van der Waals surface area contributed by atoms with Crippen LogP contribution in [0.5, 0.6) is 0 Å². The normalized spacial score (nSPS) is 12.8. The first-order valence-corrected chi connectivity index (χ1v) is 19.7. The highest BCUT2D eigenvalue weighted by Gasteiger charge is 2.13. The molecule has 0 aromatic carbocycles. The van der Waals surface area contributed by atoms with Gasteiger partial charge in [-0.15, -0.1) is 0 Å². The molecule has 0 rings (SSSR count). The van der Waals surface area contributed by atoms with Gasteiger partial charge in [-0.2, -0.15) is 0 Å². The van der Waals surface area contributed by atoms with Gasteiger partial charge in [0.1, 0.15) is 6.10 Å². The first-order chi connectivity index (χ1) is 22.7. The van der Waals surface area contributed by atoms with Gasteiger partial charge in [0.15, 0.2) is 0 Å². The molecule has 0 fully saturated rings. The van der Waals surface area contributed by atoms with Crippen LogP contribution in [-0.2, 0) is 14.3 Å². The van der Waals surface area contributed by atoms with E-state index < -0.39 is 6.10 Å². The van der Waals surface area contributed by atoms with Gasteiger partial charge >= 0.3 is 5.97 Å². The molecule has 0 saturated heterocycles. The Bertz CT molecular complexity index is 723. The van der Waals surface area contributed by atoms with Crippen LogP contribution in [0, 0.1) is 0 Å². The Morgan fingerprint density at radius 3 is 1.50 bits per heavy atom. The molecule has 0 aromatic rings. The quantitative estimate of drug-likeness (QED) is 0.0419. The highest BCUT2D eigenvalue weighted by molar-refractivity contribution is 5.69. The third-order valence-corrected chi connectivity index (χ3v) is 8.39.